The Balaban J connectivity index is 2.14. The topological polar surface area (TPSA) is 37.8 Å². The van der Waals surface area contributed by atoms with E-state index >= 15 is 0 Å². The second-order valence-corrected chi connectivity index (χ2v) is 4.52. The summed E-state index contributed by atoms with van der Waals surface area (Å²) in [6.07, 6.45) is 0. The van der Waals surface area contributed by atoms with E-state index in [4.69, 9.17) is 11.6 Å². The van der Waals surface area contributed by atoms with Crippen LogP contribution in [0.15, 0.2) is 23.7 Å². The Hall–Kier alpha value is -1.20. The Morgan fingerprint density at radius 1 is 1.50 bits per heavy atom. The van der Waals surface area contributed by atoms with Gasteiger partial charge in [0, 0.05) is 0 Å². The number of hydrogen-bond acceptors (Lipinski definition) is 4. The highest BCUT2D eigenvalue weighted by atomic mass is 35.5. The van der Waals surface area contributed by atoms with Crippen LogP contribution in [0.25, 0.3) is 0 Å². The third-order valence-electron chi connectivity index (χ3n) is 2.14. The first-order valence-corrected chi connectivity index (χ1v) is 5.90. The molecule has 1 aromatic carbocycles. The number of halogens is 2. The number of benzene rings is 1. The van der Waals surface area contributed by atoms with Gasteiger partial charge in [-0.1, -0.05) is 29.0 Å². The van der Waals surface area contributed by atoms with E-state index in [2.05, 4.69) is 15.5 Å². The van der Waals surface area contributed by atoms with Crippen LogP contribution in [0.3, 0.4) is 0 Å². The molecule has 0 spiro atoms. The van der Waals surface area contributed by atoms with Crippen molar-refractivity contribution in [2.24, 2.45) is 0 Å². The fourth-order valence-corrected chi connectivity index (χ4v) is 1.94. The molecule has 0 amide bonds. The average molecular weight is 258 g/mol. The molecule has 1 unspecified atom stereocenters. The van der Waals surface area contributed by atoms with Crippen LogP contribution in [0.5, 0.6) is 0 Å². The smallest absolute Gasteiger partial charge is 0.205 e. The molecular formula is C10H9ClFN3S. The molecular weight excluding hydrogens is 249 g/mol. The molecule has 2 rings (SSSR count). The Morgan fingerprint density at radius 2 is 2.31 bits per heavy atom. The molecule has 0 aliphatic carbocycles. The lowest BCUT2D eigenvalue weighted by Crippen LogP contribution is -2.06. The van der Waals surface area contributed by atoms with E-state index in [9.17, 15) is 4.39 Å². The maximum Gasteiger partial charge on any atom is 0.205 e. The van der Waals surface area contributed by atoms with Gasteiger partial charge in [0.25, 0.3) is 0 Å². The summed E-state index contributed by atoms with van der Waals surface area (Å²) in [5, 5.41) is 11.5. The molecule has 0 saturated carbocycles. The Bertz CT molecular complexity index is 475. The molecule has 0 aliphatic rings. The van der Waals surface area contributed by atoms with Crippen molar-refractivity contribution in [2.75, 3.05) is 5.32 Å². The second-order valence-electron chi connectivity index (χ2n) is 3.28. The summed E-state index contributed by atoms with van der Waals surface area (Å²) in [7, 11) is 0. The van der Waals surface area contributed by atoms with Gasteiger partial charge in [-0.15, -0.1) is 10.2 Å². The number of hydrogen-bond donors (Lipinski definition) is 1. The highest BCUT2D eigenvalue weighted by Crippen LogP contribution is 2.23. The molecule has 0 saturated heterocycles. The zero-order valence-corrected chi connectivity index (χ0v) is 10.0. The van der Waals surface area contributed by atoms with Gasteiger partial charge in [0.05, 0.1) is 11.1 Å². The first-order chi connectivity index (χ1) is 7.66. The maximum absolute atomic E-state index is 13.2. The lowest BCUT2D eigenvalue weighted by atomic mass is 10.1. The molecule has 1 atom stereocenters. The SMILES string of the molecule is CC(Nc1nncs1)c1ccc(Cl)c(F)c1. The van der Waals surface area contributed by atoms with E-state index in [1.165, 1.54) is 17.4 Å². The molecule has 0 bridgehead atoms. The number of nitrogens with zero attached hydrogens (tertiary/aromatic N) is 2. The molecule has 16 heavy (non-hydrogen) atoms. The van der Waals surface area contributed by atoms with Gasteiger partial charge in [-0.3, -0.25) is 0 Å². The Morgan fingerprint density at radius 3 is 2.94 bits per heavy atom. The van der Waals surface area contributed by atoms with Crippen molar-refractivity contribution >= 4 is 28.1 Å². The van der Waals surface area contributed by atoms with Crippen LogP contribution >= 0.6 is 22.9 Å². The van der Waals surface area contributed by atoms with E-state index in [1.54, 1.807) is 17.6 Å². The van der Waals surface area contributed by atoms with Crippen molar-refractivity contribution in [1.82, 2.24) is 10.2 Å². The first-order valence-electron chi connectivity index (χ1n) is 4.64. The van der Waals surface area contributed by atoms with Crippen molar-refractivity contribution < 1.29 is 4.39 Å². The summed E-state index contributed by atoms with van der Waals surface area (Å²) < 4.78 is 13.2. The van der Waals surface area contributed by atoms with Gasteiger partial charge < -0.3 is 5.32 Å². The van der Waals surface area contributed by atoms with E-state index in [-0.39, 0.29) is 11.1 Å². The van der Waals surface area contributed by atoms with Gasteiger partial charge in [-0.25, -0.2) is 4.39 Å². The third-order valence-corrected chi connectivity index (χ3v) is 3.07. The Kier molecular flexibility index (Phi) is 3.36. The summed E-state index contributed by atoms with van der Waals surface area (Å²) in [6.45, 7) is 1.92. The van der Waals surface area contributed by atoms with Crippen LogP contribution in [0, 0.1) is 5.82 Å². The fourth-order valence-electron chi connectivity index (χ4n) is 1.29. The molecule has 1 aromatic heterocycles. The summed E-state index contributed by atoms with van der Waals surface area (Å²) in [5.74, 6) is -0.412. The van der Waals surface area contributed by atoms with E-state index in [1.807, 2.05) is 6.92 Å². The van der Waals surface area contributed by atoms with Crippen LogP contribution in [0.1, 0.15) is 18.5 Å². The molecule has 2 aromatic rings. The highest BCUT2D eigenvalue weighted by molar-refractivity contribution is 7.13. The average Bonchev–Trinajstić information content (AvgIpc) is 2.74. The molecule has 6 heteroatoms. The quantitative estimate of drug-likeness (QED) is 0.914. The number of anilines is 1. The monoisotopic (exact) mass is 257 g/mol. The highest BCUT2D eigenvalue weighted by Gasteiger charge is 2.09. The molecule has 0 radical (unpaired) electrons. The van der Waals surface area contributed by atoms with Crippen molar-refractivity contribution in [2.45, 2.75) is 13.0 Å². The summed E-state index contributed by atoms with van der Waals surface area (Å²) in [6, 6.07) is 4.70. The standard InChI is InChI=1S/C10H9ClFN3S/c1-6(14-10-15-13-5-16-10)7-2-3-8(11)9(12)4-7/h2-6H,1H3,(H,14,15). The number of rotatable bonds is 3. The molecule has 84 valence electrons. The summed E-state index contributed by atoms with van der Waals surface area (Å²) >= 11 is 7.01. The minimum atomic E-state index is -0.412. The van der Waals surface area contributed by atoms with Gasteiger partial charge in [-0.2, -0.15) is 0 Å². The van der Waals surface area contributed by atoms with Crippen molar-refractivity contribution in [3.05, 3.63) is 40.1 Å². The second kappa shape index (κ2) is 4.76. The summed E-state index contributed by atoms with van der Waals surface area (Å²) in [4.78, 5) is 0. The number of aromatic nitrogens is 2. The van der Waals surface area contributed by atoms with Crippen LogP contribution in [-0.2, 0) is 0 Å². The molecule has 0 aliphatic heterocycles. The van der Waals surface area contributed by atoms with Gasteiger partial charge in [-0.05, 0) is 24.6 Å². The van der Waals surface area contributed by atoms with Crippen molar-refractivity contribution in [3.8, 4) is 0 Å². The van der Waals surface area contributed by atoms with E-state index < -0.39 is 5.82 Å². The first kappa shape index (κ1) is 11.3. The number of nitrogens with one attached hydrogen (secondary N) is 1. The fraction of sp³-hybridized carbons (Fsp3) is 0.200. The minimum Gasteiger partial charge on any atom is -0.354 e. The van der Waals surface area contributed by atoms with Gasteiger partial charge in [0.2, 0.25) is 5.13 Å². The summed E-state index contributed by atoms with van der Waals surface area (Å²) in [5.41, 5.74) is 2.45. The van der Waals surface area contributed by atoms with Crippen molar-refractivity contribution in [1.29, 1.82) is 0 Å². The van der Waals surface area contributed by atoms with Crippen LogP contribution in [0.2, 0.25) is 5.02 Å². The van der Waals surface area contributed by atoms with Crippen LogP contribution in [0.4, 0.5) is 9.52 Å². The lowest BCUT2D eigenvalue weighted by Gasteiger charge is -2.13. The Labute approximate surface area is 101 Å². The van der Waals surface area contributed by atoms with Crippen molar-refractivity contribution in [3.63, 3.8) is 0 Å². The predicted octanol–water partition coefficient (Wildman–Crippen LogP) is 3.50. The molecule has 3 nitrogen and oxygen atoms in total. The van der Waals surface area contributed by atoms with Gasteiger partial charge in [0.15, 0.2) is 0 Å². The van der Waals surface area contributed by atoms with E-state index in [0.717, 1.165) is 5.56 Å². The zero-order valence-electron chi connectivity index (χ0n) is 8.45. The van der Waals surface area contributed by atoms with E-state index in [0.29, 0.717) is 5.13 Å². The minimum absolute atomic E-state index is 0.0419. The third kappa shape index (κ3) is 2.48. The van der Waals surface area contributed by atoms with Gasteiger partial charge >= 0.3 is 0 Å². The molecule has 1 heterocycles. The van der Waals surface area contributed by atoms with Crippen LogP contribution < -0.4 is 5.32 Å². The molecule has 0 fully saturated rings. The normalized spacial score (nSPS) is 12.4. The predicted molar refractivity (Wildman–Crippen MR) is 63.4 cm³/mol. The zero-order chi connectivity index (χ0) is 11.5. The lowest BCUT2D eigenvalue weighted by molar-refractivity contribution is 0.624. The largest absolute Gasteiger partial charge is 0.354 e. The van der Waals surface area contributed by atoms with Crippen LogP contribution in [-0.4, -0.2) is 10.2 Å². The molecule has 1 N–H and O–H groups in total. The maximum atomic E-state index is 13.2. The van der Waals surface area contributed by atoms with Gasteiger partial charge in [0.1, 0.15) is 11.3 Å².